The van der Waals surface area contributed by atoms with Crippen molar-refractivity contribution in [3.8, 4) is 5.75 Å². The number of esters is 2. The highest BCUT2D eigenvalue weighted by molar-refractivity contribution is 7.20. The van der Waals surface area contributed by atoms with Crippen molar-refractivity contribution in [1.82, 2.24) is 4.98 Å². The fourth-order valence-electron chi connectivity index (χ4n) is 2.86. The van der Waals surface area contributed by atoms with Crippen molar-refractivity contribution in [3.63, 3.8) is 0 Å². The Hall–Kier alpha value is -3.91. The number of benzene rings is 1. The summed E-state index contributed by atoms with van der Waals surface area (Å²) in [6.07, 6.45) is -3.14. The Morgan fingerprint density at radius 1 is 1.05 bits per heavy atom. The van der Waals surface area contributed by atoms with Gasteiger partial charge in [0, 0.05) is 0 Å². The van der Waals surface area contributed by atoms with Crippen molar-refractivity contribution in [3.05, 3.63) is 39.9 Å². The number of aliphatic carboxylic acids is 1. The number of carbonyl (C=O) groups is 4. The molecule has 2 aromatic rings. The molecule has 0 bridgehead atoms. The van der Waals surface area contributed by atoms with Crippen LogP contribution in [0.5, 0.6) is 5.75 Å². The van der Waals surface area contributed by atoms with E-state index in [2.05, 4.69) is 15.5 Å². The summed E-state index contributed by atoms with van der Waals surface area (Å²) in [5.41, 5.74) is -2.18. The summed E-state index contributed by atoms with van der Waals surface area (Å²) in [5.74, 6) is -2.82. The second-order valence-electron chi connectivity index (χ2n) is 10.4. The summed E-state index contributed by atoms with van der Waals surface area (Å²) in [6, 6.07) is 6.68. The zero-order valence-corrected chi connectivity index (χ0v) is 25.2. The van der Waals surface area contributed by atoms with Crippen LogP contribution in [0.3, 0.4) is 0 Å². The van der Waals surface area contributed by atoms with Crippen LogP contribution in [0.15, 0.2) is 29.4 Å². The highest BCUT2D eigenvalue weighted by Crippen LogP contribution is 2.29. The van der Waals surface area contributed by atoms with Gasteiger partial charge >= 0.3 is 24.0 Å². The summed E-state index contributed by atoms with van der Waals surface area (Å²) in [5, 5.41) is 15.6. The number of oxime groups is 1. The van der Waals surface area contributed by atoms with Crippen LogP contribution in [0.2, 0.25) is 4.34 Å². The van der Waals surface area contributed by atoms with Crippen LogP contribution in [0.25, 0.3) is 0 Å². The number of anilines is 1. The number of rotatable bonds is 11. The number of nitrogens with one attached hydrogen (secondary N) is 1. The average Bonchev–Trinajstić information content (AvgIpc) is 3.18. The Morgan fingerprint density at radius 2 is 1.66 bits per heavy atom. The van der Waals surface area contributed by atoms with E-state index in [1.165, 1.54) is 7.11 Å². The molecule has 224 valence electrons. The fraction of sp³-hybridized carbons (Fsp3) is 0.462. The minimum absolute atomic E-state index is 0.0718. The Morgan fingerprint density at radius 3 is 2.20 bits per heavy atom. The second kappa shape index (κ2) is 14.1. The van der Waals surface area contributed by atoms with Gasteiger partial charge in [0.05, 0.1) is 13.5 Å². The van der Waals surface area contributed by atoms with Crippen LogP contribution in [0, 0.1) is 0 Å². The molecule has 13 nitrogen and oxygen atoms in total. The van der Waals surface area contributed by atoms with Crippen LogP contribution < -0.4 is 10.1 Å². The standard InChI is InChI=1S/C26H32ClN3O10S/c1-25(2,3)38-17(31)12-16(22(34)37-13-14-8-10-15(36-7)11-9-14)40-30-19(21(32)33)18-20(27)41-23(28-18)29-24(35)39-26(4,5)6/h8-11,16H,12-13H2,1-7H3,(H,32,33)(H,28,29,35)/t16-/m0/s1. The fourth-order valence-corrected chi connectivity index (χ4v) is 3.89. The minimum atomic E-state index is -1.67. The molecule has 0 saturated heterocycles. The zero-order valence-electron chi connectivity index (χ0n) is 23.6. The third-order valence-corrected chi connectivity index (χ3v) is 5.64. The molecule has 0 spiro atoms. The smallest absolute Gasteiger partial charge is 0.413 e. The number of hydrogen-bond acceptors (Lipinski definition) is 12. The first-order valence-corrected chi connectivity index (χ1v) is 13.3. The van der Waals surface area contributed by atoms with Gasteiger partial charge in [0.25, 0.3) is 0 Å². The van der Waals surface area contributed by atoms with Crippen LogP contribution in [0.4, 0.5) is 9.93 Å². The summed E-state index contributed by atoms with van der Waals surface area (Å²) in [6.45, 7) is 9.72. The first-order chi connectivity index (χ1) is 19.0. The first-order valence-electron chi connectivity index (χ1n) is 12.1. The third kappa shape index (κ3) is 11.6. The predicted molar refractivity (Wildman–Crippen MR) is 149 cm³/mol. The van der Waals surface area contributed by atoms with E-state index in [4.69, 9.17) is 35.4 Å². The molecular weight excluding hydrogens is 582 g/mol. The lowest BCUT2D eigenvalue weighted by atomic mass is 10.2. The Bertz CT molecular complexity index is 1280. The van der Waals surface area contributed by atoms with Crippen LogP contribution in [-0.2, 0) is 40.0 Å². The molecule has 0 radical (unpaired) electrons. The second-order valence-corrected chi connectivity index (χ2v) is 12.0. The van der Waals surface area contributed by atoms with Crippen LogP contribution in [0.1, 0.15) is 59.2 Å². The molecule has 1 heterocycles. The molecule has 1 atom stereocenters. The van der Waals surface area contributed by atoms with Crippen LogP contribution >= 0.6 is 22.9 Å². The molecule has 0 aliphatic heterocycles. The van der Waals surface area contributed by atoms with Gasteiger partial charge in [-0.25, -0.2) is 19.4 Å². The summed E-state index contributed by atoms with van der Waals surface area (Å²) in [4.78, 5) is 58.6. The molecular formula is C26H32ClN3O10S. The number of hydrogen-bond donors (Lipinski definition) is 2. The monoisotopic (exact) mass is 613 g/mol. The van der Waals surface area contributed by atoms with Crippen molar-refractivity contribution in [2.75, 3.05) is 12.4 Å². The van der Waals surface area contributed by atoms with Gasteiger partial charge in [0.2, 0.25) is 11.8 Å². The lowest BCUT2D eigenvalue weighted by Gasteiger charge is -2.21. The number of carboxylic acids is 1. The first kappa shape index (κ1) is 33.3. The SMILES string of the molecule is COc1ccc(COC(=O)[C@H](CC(=O)OC(C)(C)C)ON=C(C(=O)O)c2nc(NC(=O)OC(C)(C)C)sc2Cl)cc1. The van der Waals surface area contributed by atoms with Crippen molar-refractivity contribution in [1.29, 1.82) is 0 Å². The van der Waals surface area contributed by atoms with Gasteiger partial charge in [-0.2, -0.15) is 0 Å². The molecule has 2 N–H and O–H groups in total. The largest absolute Gasteiger partial charge is 0.497 e. The molecule has 1 aromatic heterocycles. The van der Waals surface area contributed by atoms with Gasteiger partial charge in [-0.1, -0.05) is 40.2 Å². The molecule has 0 aliphatic rings. The van der Waals surface area contributed by atoms with E-state index in [-0.39, 0.29) is 21.8 Å². The van der Waals surface area contributed by atoms with Crippen molar-refractivity contribution in [2.45, 2.75) is 71.9 Å². The lowest BCUT2D eigenvalue weighted by molar-refractivity contribution is -0.169. The topological polar surface area (TPSA) is 172 Å². The number of methoxy groups -OCH3 is 1. The van der Waals surface area contributed by atoms with Gasteiger partial charge in [-0.3, -0.25) is 10.1 Å². The number of carboxylic acid groups (broad SMARTS) is 1. The summed E-state index contributed by atoms with van der Waals surface area (Å²) >= 11 is 6.91. The molecule has 41 heavy (non-hydrogen) atoms. The zero-order chi connectivity index (χ0) is 31.0. The maximum Gasteiger partial charge on any atom is 0.413 e. The van der Waals surface area contributed by atoms with Gasteiger partial charge in [-0.15, -0.1) is 0 Å². The molecule has 2 rings (SSSR count). The molecule has 0 unspecified atom stereocenters. The van der Waals surface area contributed by atoms with E-state index in [0.717, 1.165) is 11.3 Å². The molecule has 0 aliphatic carbocycles. The highest BCUT2D eigenvalue weighted by Gasteiger charge is 2.31. The molecule has 1 amide bonds. The van der Waals surface area contributed by atoms with Crippen LogP contribution in [-0.4, -0.2) is 64.2 Å². The Kier molecular flexibility index (Phi) is 11.5. The van der Waals surface area contributed by atoms with Crippen molar-refractivity contribution >= 4 is 57.8 Å². The van der Waals surface area contributed by atoms with E-state index in [1.54, 1.807) is 65.8 Å². The number of nitrogens with zero attached hydrogens (tertiary/aromatic N) is 2. The van der Waals surface area contributed by atoms with Crippen molar-refractivity contribution < 1.29 is 48.1 Å². The average molecular weight is 614 g/mol. The van der Waals surface area contributed by atoms with Gasteiger partial charge in [-0.05, 0) is 59.2 Å². The van der Waals surface area contributed by atoms with Gasteiger partial charge in [0.15, 0.2) is 5.13 Å². The number of aromatic nitrogens is 1. The van der Waals surface area contributed by atoms with Crippen molar-refractivity contribution in [2.24, 2.45) is 5.16 Å². The maximum atomic E-state index is 12.9. The molecule has 0 saturated carbocycles. The number of carbonyl (C=O) groups excluding carboxylic acids is 3. The number of halogens is 1. The number of ether oxygens (including phenoxy) is 4. The third-order valence-electron chi connectivity index (χ3n) is 4.47. The van der Waals surface area contributed by atoms with E-state index < -0.39 is 53.4 Å². The van der Waals surface area contributed by atoms with E-state index in [0.29, 0.717) is 11.3 Å². The van der Waals surface area contributed by atoms with E-state index >= 15 is 0 Å². The van der Waals surface area contributed by atoms with Gasteiger partial charge < -0.3 is 28.9 Å². The predicted octanol–water partition coefficient (Wildman–Crippen LogP) is 4.80. The highest BCUT2D eigenvalue weighted by atomic mass is 35.5. The van der Waals surface area contributed by atoms with E-state index in [1.807, 2.05) is 0 Å². The molecule has 15 heteroatoms. The maximum absolute atomic E-state index is 12.9. The Balaban J connectivity index is 2.27. The lowest BCUT2D eigenvalue weighted by Crippen LogP contribution is -2.32. The summed E-state index contributed by atoms with van der Waals surface area (Å²) < 4.78 is 20.6. The molecule has 1 aromatic carbocycles. The van der Waals surface area contributed by atoms with E-state index in [9.17, 15) is 24.3 Å². The number of amides is 1. The molecule has 0 fully saturated rings. The summed E-state index contributed by atoms with van der Waals surface area (Å²) in [7, 11) is 1.51. The Labute approximate surface area is 245 Å². The minimum Gasteiger partial charge on any atom is -0.497 e. The normalized spacial score (nSPS) is 12.6. The number of thiazole rings is 1. The van der Waals surface area contributed by atoms with Gasteiger partial charge in [0.1, 0.15) is 33.6 Å². The quantitative estimate of drug-likeness (QED) is 0.154.